The van der Waals surface area contributed by atoms with Gasteiger partial charge in [-0.25, -0.2) is 4.79 Å². The molecule has 0 aromatic heterocycles. The molecule has 0 unspecified atom stereocenters. The number of carbonyl (C=O) groups is 3. The van der Waals surface area contributed by atoms with Crippen LogP contribution in [0.1, 0.15) is 32.4 Å². The van der Waals surface area contributed by atoms with Crippen molar-refractivity contribution in [2.45, 2.75) is 32.9 Å². The van der Waals surface area contributed by atoms with Gasteiger partial charge in [0.2, 0.25) is 5.41 Å². The maximum absolute atomic E-state index is 12.9. The molecule has 0 radical (unpaired) electrons. The van der Waals surface area contributed by atoms with Crippen molar-refractivity contribution in [1.29, 1.82) is 0 Å². The topological polar surface area (TPSA) is 111 Å². The van der Waals surface area contributed by atoms with Crippen LogP contribution >= 0.6 is 11.6 Å². The lowest BCUT2D eigenvalue weighted by Gasteiger charge is -2.43. The number of fused-ring (bicyclic) bond motifs is 1. The molecule has 9 heteroatoms. The van der Waals surface area contributed by atoms with Crippen molar-refractivity contribution in [3.8, 4) is 0 Å². The van der Waals surface area contributed by atoms with Crippen LogP contribution < -0.4 is 5.32 Å². The summed E-state index contributed by atoms with van der Waals surface area (Å²) in [6, 6.07) is 2.88. The molecule has 148 valence electrons. The van der Waals surface area contributed by atoms with E-state index in [1.54, 1.807) is 20.8 Å². The maximum atomic E-state index is 12.9. The third-order valence-electron chi connectivity index (χ3n) is 4.25. The number of benzene rings is 1. The van der Waals surface area contributed by atoms with Gasteiger partial charge in [-0.2, -0.15) is 0 Å². The number of hydrogen-bond acceptors (Lipinski definition) is 8. The largest absolute Gasteiger partial charge is 0.465 e. The summed E-state index contributed by atoms with van der Waals surface area (Å²) in [5, 5.41) is 14.2. The smallest absolute Gasteiger partial charge is 0.330 e. The molecule has 2 atom stereocenters. The average molecular weight is 400 g/mol. The molecule has 0 amide bonds. The van der Waals surface area contributed by atoms with Crippen LogP contribution in [0, 0.1) is 5.41 Å². The summed E-state index contributed by atoms with van der Waals surface area (Å²) >= 11 is 5.99. The highest BCUT2D eigenvalue weighted by Gasteiger charge is 2.66. The predicted molar refractivity (Wildman–Crippen MR) is 96.2 cm³/mol. The van der Waals surface area contributed by atoms with Gasteiger partial charge in [0.15, 0.2) is 6.04 Å². The highest BCUT2D eigenvalue weighted by atomic mass is 35.5. The number of anilines is 1. The molecule has 2 rings (SSSR count). The second-order valence-corrected chi connectivity index (χ2v) is 6.21. The predicted octanol–water partition coefficient (Wildman–Crippen LogP) is 1.84. The van der Waals surface area contributed by atoms with E-state index in [2.05, 4.69) is 5.32 Å². The van der Waals surface area contributed by atoms with Gasteiger partial charge in [0.1, 0.15) is 6.10 Å². The Labute approximate surface area is 161 Å². The molecular weight excluding hydrogens is 378 g/mol. The Morgan fingerprint density at radius 1 is 1.07 bits per heavy atom. The molecule has 27 heavy (non-hydrogen) atoms. The molecule has 2 N–H and O–H groups in total. The normalized spacial score (nSPS) is 20.0. The summed E-state index contributed by atoms with van der Waals surface area (Å²) in [4.78, 5) is 38.4. The van der Waals surface area contributed by atoms with E-state index in [0.29, 0.717) is 10.7 Å². The van der Waals surface area contributed by atoms with Crippen LogP contribution in [-0.4, -0.2) is 48.9 Å². The molecule has 1 aliphatic heterocycles. The minimum Gasteiger partial charge on any atom is -0.465 e. The van der Waals surface area contributed by atoms with E-state index in [1.807, 2.05) is 0 Å². The van der Waals surface area contributed by atoms with Crippen molar-refractivity contribution in [3.63, 3.8) is 0 Å². The van der Waals surface area contributed by atoms with Crippen LogP contribution in [0.5, 0.6) is 0 Å². The summed E-state index contributed by atoms with van der Waals surface area (Å²) in [5.74, 6) is -3.06. The fourth-order valence-electron chi connectivity index (χ4n) is 3.08. The molecule has 0 saturated carbocycles. The number of hydrogen-bond donors (Lipinski definition) is 2. The monoisotopic (exact) mass is 399 g/mol. The Hall–Kier alpha value is -2.32. The Kier molecular flexibility index (Phi) is 6.67. The summed E-state index contributed by atoms with van der Waals surface area (Å²) in [6.45, 7) is 4.57. The molecule has 1 aliphatic rings. The molecule has 1 aromatic rings. The third-order valence-corrected chi connectivity index (χ3v) is 4.48. The summed E-state index contributed by atoms with van der Waals surface area (Å²) in [7, 11) is 0. The highest BCUT2D eigenvalue weighted by molar-refractivity contribution is 6.31. The summed E-state index contributed by atoms with van der Waals surface area (Å²) in [5.41, 5.74) is -1.85. The lowest BCUT2D eigenvalue weighted by Crippen LogP contribution is -2.62. The summed E-state index contributed by atoms with van der Waals surface area (Å²) in [6.07, 6.45) is -1.71. The molecule has 0 fully saturated rings. The van der Waals surface area contributed by atoms with E-state index in [4.69, 9.17) is 25.8 Å². The first-order valence-corrected chi connectivity index (χ1v) is 8.97. The van der Waals surface area contributed by atoms with Crippen LogP contribution in [0.15, 0.2) is 18.2 Å². The van der Waals surface area contributed by atoms with Crippen LogP contribution in [0.2, 0.25) is 5.02 Å². The fourth-order valence-corrected chi connectivity index (χ4v) is 3.25. The van der Waals surface area contributed by atoms with Crippen molar-refractivity contribution in [2.75, 3.05) is 25.1 Å². The first kappa shape index (κ1) is 21.0. The second kappa shape index (κ2) is 8.58. The molecule has 1 heterocycles. The van der Waals surface area contributed by atoms with Gasteiger partial charge < -0.3 is 24.6 Å². The van der Waals surface area contributed by atoms with Gasteiger partial charge in [-0.3, -0.25) is 9.59 Å². The lowest BCUT2D eigenvalue weighted by molar-refractivity contribution is -0.189. The van der Waals surface area contributed by atoms with E-state index in [0.717, 1.165) is 0 Å². The second-order valence-electron chi connectivity index (χ2n) is 5.77. The van der Waals surface area contributed by atoms with Crippen molar-refractivity contribution in [3.05, 3.63) is 28.8 Å². The van der Waals surface area contributed by atoms with Crippen LogP contribution in [0.3, 0.4) is 0 Å². The zero-order valence-electron chi connectivity index (χ0n) is 15.3. The van der Waals surface area contributed by atoms with Gasteiger partial charge in [-0.05, 0) is 32.9 Å². The van der Waals surface area contributed by atoms with Gasteiger partial charge in [0.05, 0.1) is 19.8 Å². The number of carbonyl (C=O) groups excluding carboxylic acids is 3. The van der Waals surface area contributed by atoms with Crippen molar-refractivity contribution in [2.24, 2.45) is 5.41 Å². The van der Waals surface area contributed by atoms with Crippen LogP contribution in [0.4, 0.5) is 5.69 Å². The fraction of sp³-hybridized carbons (Fsp3) is 0.500. The lowest BCUT2D eigenvalue weighted by atomic mass is 9.69. The van der Waals surface area contributed by atoms with Crippen molar-refractivity contribution < 1.29 is 33.7 Å². The van der Waals surface area contributed by atoms with Gasteiger partial charge in [-0.1, -0.05) is 17.7 Å². The van der Waals surface area contributed by atoms with E-state index in [-0.39, 0.29) is 25.4 Å². The first-order chi connectivity index (χ1) is 12.8. The standard InChI is InChI=1S/C18H22ClNO7/c1-4-25-15(22)13-18(16(23)26-5-2,17(24)27-6-3)14(21)11-8-7-10(19)9-12(11)20-13/h7-9,13-14,20-21H,4-6H2,1-3H3/t13-,14-/m1/s1. The molecule has 1 aromatic carbocycles. The van der Waals surface area contributed by atoms with Gasteiger partial charge in [0, 0.05) is 16.3 Å². The molecule has 0 saturated heterocycles. The quantitative estimate of drug-likeness (QED) is 0.423. The minimum atomic E-state index is -2.36. The number of aliphatic hydroxyl groups is 1. The van der Waals surface area contributed by atoms with Gasteiger partial charge in [0.25, 0.3) is 0 Å². The van der Waals surface area contributed by atoms with Crippen molar-refractivity contribution in [1.82, 2.24) is 0 Å². The SMILES string of the molecule is CCOC(=O)[C@H]1Nc2cc(Cl)ccc2[C@@H](O)C1(C(=O)OCC)C(=O)OCC. The molecular formula is C18H22ClNO7. The van der Waals surface area contributed by atoms with Crippen LogP contribution in [-0.2, 0) is 28.6 Å². The summed E-state index contributed by atoms with van der Waals surface area (Å²) < 4.78 is 15.1. The average Bonchev–Trinajstić information content (AvgIpc) is 2.61. The highest BCUT2D eigenvalue weighted by Crippen LogP contribution is 2.48. The molecule has 8 nitrogen and oxygen atoms in total. The Balaban J connectivity index is 2.72. The number of aliphatic hydroxyl groups excluding tert-OH is 1. The Morgan fingerprint density at radius 2 is 1.63 bits per heavy atom. The minimum absolute atomic E-state index is 0.0112. The van der Waals surface area contributed by atoms with E-state index < -0.39 is 35.5 Å². The third kappa shape index (κ3) is 3.59. The number of nitrogens with one attached hydrogen (secondary N) is 1. The van der Waals surface area contributed by atoms with Gasteiger partial charge >= 0.3 is 17.9 Å². The number of halogens is 1. The van der Waals surface area contributed by atoms with E-state index in [1.165, 1.54) is 18.2 Å². The van der Waals surface area contributed by atoms with Crippen LogP contribution in [0.25, 0.3) is 0 Å². The number of esters is 3. The van der Waals surface area contributed by atoms with Crippen molar-refractivity contribution >= 4 is 35.2 Å². The van der Waals surface area contributed by atoms with E-state index >= 15 is 0 Å². The first-order valence-electron chi connectivity index (χ1n) is 8.59. The number of rotatable bonds is 6. The molecule has 0 bridgehead atoms. The molecule has 0 spiro atoms. The zero-order chi connectivity index (χ0) is 20.2. The van der Waals surface area contributed by atoms with Gasteiger partial charge in [-0.15, -0.1) is 0 Å². The molecule has 0 aliphatic carbocycles. The van der Waals surface area contributed by atoms with E-state index in [9.17, 15) is 19.5 Å². The number of ether oxygens (including phenoxy) is 3. The Morgan fingerprint density at radius 3 is 2.15 bits per heavy atom. The maximum Gasteiger partial charge on any atom is 0.330 e. The Bertz CT molecular complexity index is 718. The zero-order valence-corrected chi connectivity index (χ0v) is 16.0.